The van der Waals surface area contributed by atoms with E-state index >= 15 is 0 Å². The average molecular weight is 211 g/mol. The maximum atomic E-state index is 10.5. The maximum absolute atomic E-state index is 10.5. The highest BCUT2D eigenvalue weighted by Gasteiger charge is 2.09. The van der Waals surface area contributed by atoms with Gasteiger partial charge >= 0.3 is 5.97 Å². The summed E-state index contributed by atoms with van der Waals surface area (Å²) in [6.45, 7) is 0. The lowest BCUT2D eigenvalue weighted by atomic mass is 10.2. The molecule has 0 fully saturated rings. The molecular weight excluding hydrogens is 204 g/mol. The molecule has 0 unspecified atom stereocenters. The first-order valence-corrected chi connectivity index (χ1v) is 4.38. The van der Waals surface area contributed by atoms with Crippen LogP contribution in [0.1, 0.15) is 5.69 Å². The Bertz CT molecular complexity index is 493. The monoisotopic (exact) mass is 210 g/mol. The predicted molar refractivity (Wildman–Crippen MR) is 51.5 cm³/mol. The van der Waals surface area contributed by atoms with E-state index in [-0.39, 0.29) is 6.42 Å². The Kier molecular flexibility index (Phi) is 2.13. The number of carboxylic acid groups (broad SMARTS) is 1. The number of fused-ring (bicyclic) bond motifs is 1. The van der Waals surface area contributed by atoms with E-state index in [1.54, 1.807) is 22.6 Å². The standard InChI is InChI=1S/C9H7ClN2O2/c10-8-3-1-2-7-6(4-9(13)14)11-5-12(7)8/h1-3,5H,4H2,(H,13,14). The molecule has 0 atom stereocenters. The van der Waals surface area contributed by atoms with Gasteiger partial charge in [-0.15, -0.1) is 0 Å². The molecule has 72 valence electrons. The summed E-state index contributed by atoms with van der Waals surface area (Å²) in [4.78, 5) is 14.5. The Morgan fingerprint density at radius 3 is 3.07 bits per heavy atom. The summed E-state index contributed by atoms with van der Waals surface area (Å²) < 4.78 is 1.65. The Labute approximate surface area is 84.8 Å². The van der Waals surface area contributed by atoms with Crippen molar-refractivity contribution in [3.8, 4) is 0 Å². The lowest BCUT2D eigenvalue weighted by Gasteiger charge is -1.97. The zero-order chi connectivity index (χ0) is 10.1. The molecule has 2 heterocycles. The van der Waals surface area contributed by atoms with Crippen LogP contribution in [0.5, 0.6) is 0 Å². The quantitative estimate of drug-likeness (QED) is 0.767. The van der Waals surface area contributed by atoms with Crippen LogP contribution in [0.4, 0.5) is 0 Å². The molecule has 0 spiro atoms. The fraction of sp³-hybridized carbons (Fsp3) is 0.111. The van der Waals surface area contributed by atoms with Gasteiger partial charge in [-0.3, -0.25) is 9.20 Å². The number of hydrogen-bond acceptors (Lipinski definition) is 2. The molecule has 0 aromatic carbocycles. The molecule has 14 heavy (non-hydrogen) atoms. The second-order valence-corrected chi connectivity index (χ2v) is 3.25. The number of halogens is 1. The van der Waals surface area contributed by atoms with Gasteiger partial charge in [0.2, 0.25) is 0 Å². The van der Waals surface area contributed by atoms with Gasteiger partial charge in [-0.05, 0) is 12.1 Å². The molecular formula is C9H7ClN2O2. The number of hydrogen-bond donors (Lipinski definition) is 1. The van der Waals surface area contributed by atoms with Gasteiger partial charge < -0.3 is 5.11 Å². The summed E-state index contributed by atoms with van der Waals surface area (Å²) in [7, 11) is 0. The molecule has 0 radical (unpaired) electrons. The number of aromatic nitrogens is 2. The van der Waals surface area contributed by atoms with E-state index in [0.717, 1.165) is 5.52 Å². The number of aliphatic carboxylic acids is 1. The first-order chi connectivity index (χ1) is 6.68. The van der Waals surface area contributed by atoms with Crippen LogP contribution in [-0.2, 0) is 11.2 Å². The van der Waals surface area contributed by atoms with Crippen LogP contribution >= 0.6 is 11.6 Å². The number of carbonyl (C=O) groups is 1. The number of carboxylic acids is 1. The predicted octanol–water partition coefficient (Wildman–Crippen LogP) is 1.61. The van der Waals surface area contributed by atoms with Gasteiger partial charge in [-0.2, -0.15) is 0 Å². The van der Waals surface area contributed by atoms with Crippen molar-refractivity contribution in [2.24, 2.45) is 0 Å². The van der Waals surface area contributed by atoms with E-state index in [0.29, 0.717) is 10.8 Å². The number of pyridine rings is 1. The van der Waals surface area contributed by atoms with Gasteiger partial charge in [0.15, 0.2) is 0 Å². The minimum atomic E-state index is -0.898. The van der Waals surface area contributed by atoms with Crippen LogP contribution in [0.3, 0.4) is 0 Å². The number of imidazole rings is 1. The van der Waals surface area contributed by atoms with Crippen LogP contribution < -0.4 is 0 Å². The van der Waals surface area contributed by atoms with E-state index < -0.39 is 5.97 Å². The highest BCUT2D eigenvalue weighted by molar-refractivity contribution is 6.29. The Balaban J connectivity index is 2.58. The molecule has 0 bridgehead atoms. The molecule has 2 aromatic heterocycles. The lowest BCUT2D eigenvalue weighted by Crippen LogP contribution is -2.00. The highest BCUT2D eigenvalue weighted by atomic mass is 35.5. The third-order valence-electron chi connectivity index (χ3n) is 1.92. The Morgan fingerprint density at radius 1 is 1.57 bits per heavy atom. The van der Waals surface area contributed by atoms with Crippen LogP contribution in [-0.4, -0.2) is 20.5 Å². The normalized spacial score (nSPS) is 10.6. The Morgan fingerprint density at radius 2 is 2.36 bits per heavy atom. The second-order valence-electron chi connectivity index (χ2n) is 2.87. The van der Waals surface area contributed by atoms with Crippen molar-refractivity contribution in [2.75, 3.05) is 0 Å². The Hall–Kier alpha value is -1.55. The van der Waals surface area contributed by atoms with Gasteiger partial charge in [0.05, 0.1) is 17.6 Å². The van der Waals surface area contributed by atoms with Crippen molar-refractivity contribution in [3.63, 3.8) is 0 Å². The van der Waals surface area contributed by atoms with Gasteiger partial charge in [0.25, 0.3) is 0 Å². The van der Waals surface area contributed by atoms with Gasteiger partial charge in [-0.25, -0.2) is 4.98 Å². The maximum Gasteiger partial charge on any atom is 0.309 e. The molecule has 0 saturated carbocycles. The van der Waals surface area contributed by atoms with Crippen molar-refractivity contribution < 1.29 is 9.90 Å². The van der Waals surface area contributed by atoms with Crippen molar-refractivity contribution in [2.45, 2.75) is 6.42 Å². The summed E-state index contributed by atoms with van der Waals surface area (Å²) in [5.41, 5.74) is 1.26. The third kappa shape index (κ3) is 1.44. The molecule has 0 aliphatic heterocycles. The van der Waals surface area contributed by atoms with E-state index in [4.69, 9.17) is 16.7 Å². The fourth-order valence-electron chi connectivity index (χ4n) is 1.32. The van der Waals surface area contributed by atoms with E-state index in [1.165, 1.54) is 6.33 Å². The molecule has 0 aliphatic rings. The molecule has 0 saturated heterocycles. The topological polar surface area (TPSA) is 54.6 Å². The van der Waals surface area contributed by atoms with Gasteiger partial charge in [0.1, 0.15) is 11.5 Å². The van der Waals surface area contributed by atoms with Crippen molar-refractivity contribution >= 4 is 23.1 Å². The summed E-state index contributed by atoms with van der Waals surface area (Å²) in [6.07, 6.45) is 1.44. The molecule has 2 rings (SSSR count). The largest absolute Gasteiger partial charge is 0.481 e. The minimum Gasteiger partial charge on any atom is -0.481 e. The summed E-state index contributed by atoms with van der Waals surface area (Å²) in [6, 6.07) is 5.28. The first kappa shape index (κ1) is 9.02. The molecule has 1 N–H and O–H groups in total. The molecule has 4 nitrogen and oxygen atoms in total. The molecule has 0 amide bonds. The SMILES string of the molecule is O=C(O)Cc1ncn2c(Cl)cccc12. The lowest BCUT2D eigenvalue weighted by molar-refractivity contribution is -0.136. The number of rotatable bonds is 2. The first-order valence-electron chi connectivity index (χ1n) is 4.01. The van der Waals surface area contributed by atoms with Crippen molar-refractivity contribution in [3.05, 3.63) is 35.4 Å². The van der Waals surface area contributed by atoms with Crippen LogP contribution in [0.15, 0.2) is 24.5 Å². The van der Waals surface area contributed by atoms with Crippen LogP contribution in [0.25, 0.3) is 5.52 Å². The zero-order valence-corrected chi connectivity index (χ0v) is 7.90. The van der Waals surface area contributed by atoms with Crippen LogP contribution in [0, 0.1) is 0 Å². The number of nitrogens with zero attached hydrogens (tertiary/aromatic N) is 2. The van der Waals surface area contributed by atoms with Gasteiger partial charge in [-0.1, -0.05) is 17.7 Å². The van der Waals surface area contributed by atoms with Crippen molar-refractivity contribution in [1.29, 1.82) is 0 Å². The van der Waals surface area contributed by atoms with Gasteiger partial charge in [0, 0.05) is 0 Å². The van der Waals surface area contributed by atoms with E-state index in [9.17, 15) is 4.79 Å². The highest BCUT2D eigenvalue weighted by Crippen LogP contribution is 2.16. The van der Waals surface area contributed by atoms with E-state index in [2.05, 4.69) is 4.98 Å². The second kappa shape index (κ2) is 3.31. The molecule has 0 aliphatic carbocycles. The van der Waals surface area contributed by atoms with Crippen LogP contribution in [0.2, 0.25) is 5.15 Å². The third-order valence-corrected chi connectivity index (χ3v) is 2.23. The van der Waals surface area contributed by atoms with Crippen molar-refractivity contribution in [1.82, 2.24) is 9.38 Å². The molecule has 5 heteroatoms. The smallest absolute Gasteiger partial charge is 0.309 e. The minimum absolute atomic E-state index is 0.0865. The fourth-order valence-corrected chi connectivity index (χ4v) is 1.53. The summed E-state index contributed by atoms with van der Waals surface area (Å²) >= 11 is 5.88. The summed E-state index contributed by atoms with van der Waals surface area (Å²) in [5.74, 6) is -0.898. The zero-order valence-electron chi connectivity index (χ0n) is 7.14. The van der Waals surface area contributed by atoms with E-state index in [1.807, 2.05) is 0 Å². The molecule has 2 aromatic rings. The summed E-state index contributed by atoms with van der Waals surface area (Å²) in [5, 5.41) is 9.15. The average Bonchev–Trinajstić information content (AvgIpc) is 2.49.